The molecule has 0 fully saturated rings. The number of pyridine rings is 2. The summed E-state index contributed by atoms with van der Waals surface area (Å²) in [7, 11) is 0. The van der Waals surface area contributed by atoms with E-state index in [1.807, 2.05) is 0 Å². The van der Waals surface area contributed by atoms with Crippen LogP contribution in [-0.2, 0) is 35.8 Å². The van der Waals surface area contributed by atoms with Crippen LogP contribution < -0.4 is 33.9 Å². The van der Waals surface area contributed by atoms with Gasteiger partial charge in [0.2, 0.25) is 0 Å². The summed E-state index contributed by atoms with van der Waals surface area (Å²) < 4.78 is 16.6. The van der Waals surface area contributed by atoms with E-state index in [-0.39, 0.29) is 24.8 Å². The van der Waals surface area contributed by atoms with E-state index in [4.69, 9.17) is 9.47 Å². The van der Waals surface area contributed by atoms with Crippen molar-refractivity contribution in [2.45, 2.75) is 156 Å². The van der Waals surface area contributed by atoms with Gasteiger partial charge >= 0.3 is 0 Å². The minimum atomic E-state index is 0. The van der Waals surface area contributed by atoms with Gasteiger partial charge in [0.25, 0.3) is 0 Å². The van der Waals surface area contributed by atoms with Crippen LogP contribution in [0, 0.1) is 0 Å². The molecule has 0 saturated heterocycles. The van der Waals surface area contributed by atoms with Crippen molar-refractivity contribution in [3.8, 4) is 0 Å². The molecule has 0 spiro atoms. The van der Waals surface area contributed by atoms with E-state index in [1.165, 1.54) is 114 Å². The quantitative estimate of drug-likeness (QED) is 0.113. The molecule has 0 aliphatic carbocycles. The Morgan fingerprint density at radius 1 is 0.476 bits per heavy atom. The van der Waals surface area contributed by atoms with Crippen molar-refractivity contribution in [2.75, 3.05) is 13.2 Å². The maximum atomic E-state index is 5.95. The molecule has 0 saturated carbocycles. The normalized spacial score (nSPS) is 10.8. The minimum absolute atomic E-state index is 0. The van der Waals surface area contributed by atoms with E-state index in [9.17, 15) is 0 Å². The maximum absolute atomic E-state index is 5.95. The molecule has 4 nitrogen and oxygen atoms in total. The molecule has 6 heteroatoms. The third-order valence-electron chi connectivity index (χ3n) is 7.74. The highest BCUT2D eigenvalue weighted by Gasteiger charge is 2.05. The van der Waals surface area contributed by atoms with Gasteiger partial charge in [0.15, 0.2) is 24.8 Å². The lowest BCUT2D eigenvalue weighted by atomic mass is 10.1. The summed E-state index contributed by atoms with van der Waals surface area (Å²) in [6, 6.07) is 8.66. The Balaban J connectivity index is 0.00000840. The molecule has 0 amide bonds. The van der Waals surface area contributed by atoms with Crippen molar-refractivity contribution in [2.24, 2.45) is 0 Å². The number of hydrogen-bond donors (Lipinski definition) is 0. The van der Waals surface area contributed by atoms with Crippen molar-refractivity contribution < 1.29 is 43.4 Å². The summed E-state index contributed by atoms with van der Waals surface area (Å²) in [5.74, 6) is 0. The smallest absolute Gasteiger partial charge is 0.174 e. The molecule has 0 aliphatic heterocycles. The van der Waals surface area contributed by atoms with E-state index < -0.39 is 0 Å². The highest BCUT2D eigenvalue weighted by Crippen LogP contribution is 2.10. The van der Waals surface area contributed by atoms with Crippen LogP contribution >= 0.6 is 0 Å². The fourth-order valence-electron chi connectivity index (χ4n) is 5.25. The van der Waals surface area contributed by atoms with Crippen LogP contribution in [0.15, 0.2) is 49.1 Å². The second kappa shape index (κ2) is 29.9. The molecule has 0 N–H and O–H groups in total. The Bertz CT molecular complexity index is 783. The number of halogens is 2. The number of ether oxygens (including phenoxy) is 2. The molecule has 42 heavy (non-hydrogen) atoms. The van der Waals surface area contributed by atoms with Gasteiger partial charge in [-0.15, -0.1) is 0 Å². The Kier molecular flexibility index (Phi) is 29.0. The van der Waals surface area contributed by atoms with Crippen LogP contribution in [0.25, 0.3) is 0 Å². The predicted octanol–water partition coefficient (Wildman–Crippen LogP) is 3.06. The molecular formula is C36H62Cl2N2O2. The van der Waals surface area contributed by atoms with Gasteiger partial charge in [-0.05, 0) is 37.8 Å². The standard InChI is InChI=1S/C36H62N2O2.2ClH/c1-3-5-7-9-11-13-15-17-25-37-27-21-23-35(31-37)33-39-29-19-20-30-40-34-36-24-22-28-38(32-36)26-18-16-14-12-10-8-6-4-2;;/h21-24,27-28,31-32H,3-20,25-26,29-30,33-34H2,1-2H3;2*1H/q+2;;/p-2. The van der Waals surface area contributed by atoms with Crippen LogP contribution in [0.4, 0.5) is 0 Å². The molecule has 2 aromatic rings. The summed E-state index contributed by atoms with van der Waals surface area (Å²) in [4.78, 5) is 0. The zero-order valence-electron chi connectivity index (χ0n) is 27.1. The first kappa shape index (κ1) is 40.8. The van der Waals surface area contributed by atoms with Crippen LogP contribution in [0.5, 0.6) is 0 Å². The van der Waals surface area contributed by atoms with Crippen molar-refractivity contribution in [1.82, 2.24) is 0 Å². The lowest BCUT2D eigenvalue weighted by Gasteiger charge is -2.06. The van der Waals surface area contributed by atoms with Gasteiger partial charge in [-0.3, -0.25) is 0 Å². The lowest BCUT2D eigenvalue weighted by Crippen LogP contribution is -3.00. The average molecular weight is 626 g/mol. The third-order valence-corrected chi connectivity index (χ3v) is 7.74. The number of unbranched alkanes of at least 4 members (excludes halogenated alkanes) is 15. The van der Waals surface area contributed by atoms with Gasteiger partial charge in [-0.25, -0.2) is 9.13 Å². The number of nitrogens with zero attached hydrogens (tertiary/aromatic N) is 2. The maximum Gasteiger partial charge on any atom is 0.174 e. The monoisotopic (exact) mass is 624 g/mol. The van der Waals surface area contributed by atoms with Crippen molar-refractivity contribution in [3.63, 3.8) is 0 Å². The van der Waals surface area contributed by atoms with E-state index in [1.54, 1.807) is 0 Å². The zero-order valence-corrected chi connectivity index (χ0v) is 28.6. The number of aromatic nitrogens is 2. The fraction of sp³-hybridized carbons (Fsp3) is 0.722. The first-order valence-corrected chi connectivity index (χ1v) is 16.9. The Hall–Kier alpha value is -1.20. The van der Waals surface area contributed by atoms with Crippen LogP contribution in [0.2, 0.25) is 0 Å². The molecule has 2 heterocycles. The second-order valence-electron chi connectivity index (χ2n) is 11.7. The third kappa shape index (κ3) is 22.4. The number of hydrogen-bond acceptors (Lipinski definition) is 2. The first-order valence-electron chi connectivity index (χ1n) is 16.9. The van der Waals surface area contributed by atoms with Crippen molar-refractivity contribution in [1.29, 1.82) is 0 Å². The molecule has 0 bridgehead atoms. The molecule has 0 unspecified atom stereocenters. The fourth-order valence-corrected chi connectivity index (χ4v) is 5.25. The van der Waals surface area contributed by atoms with Gasteiger partial charge in [-0.1, -0.05) is 90.9 Å². The molecule has 0 aromatic carbocycles. The van der Waals surface area contributed by atoms with Crippen molar-refractivity contribution in [3.05, 3.63) is 60.2 Å². The Morgan fingerprint density at radius 3 is 1.21 bits per heavy atom. The summed E-state index contributed by atoms with van der Waals surface area (Å²) in [6.45, 7) is 9.77. The highest BCUT2D eigenvalue weighted by molar-refractivity contribution is 5.04. The second-order valence-corrected chi connectivity index (χ2v) is 11.7. The molecule has 2 aromatic heterocycles. The van der Waals surface area contributed by atoms with E-state index in [0.717, 1.165) is 39.1 Å². The molecule has 0 aliphatic rings. The predicted molar refractivity (Wildman–Crippen MR) is 167 cm³/mol. The number of rotatable bonds is 27. The zero-order chi connectivity index (χ0) is 28.4. The van der Waals surface area contributed by atoms with Gasteiger partial charge in [0, 0.05) is 49.3 Å². The van der Waals surface area contributed by atoms with Crippen LogP contribution in [-0.4, -0.2) is 13.2 Å². The van der Waals surface area contributed by atoms with Gasteiger partial charge < -0.3 is 34.3 Å². The topological polar surface area (TPSA) is 26.2 Å². The van der Waals surface area contributed by atoms with Crippen molar-refractivity contribution >= 4 is 0 Å². The largest absolute Gasteiger partial charge is 1.00 e. The SMILES string of the molecule is CCCCCCCCCC[n+]1cccc(COCCCCOCc2ccc[n+](CCCCCCCCCC)c2)c1.[Cl-].[Cl-]. The average Bonchev–Trinajstić information content (AvgIpc) is 2.98. The summed E-state index contributed by atoms with van der Waals surface area (Å²) >= 11 is 0. The molecular weight excluding hydrogens is 563 g/mol. The molecule has 2 rings (SSSR count). The summed E-state index contributed by atoms with van der Waals surface area (Å²) in [5, 5.41) is 0. The Morgan fingerprint density at radius 2 is 0.833 bits per heavy atom. The van der Waals surface area contributed by atoms with Gasteiger partial charge in [-0.2, -0.15) is 0 Å². The molecule has 0 atom stereocenters. The van der Waals surface area contributed by atoms with Crippen LogP contribution in [0.3, 0.4) is 0 Å². The van der Waals surface area contributed by atoms with E-state index in [0.29, 0.717) is 13.2 Å². The molecule has 242 valence electrons. The lowest BCUT2D eigenvalue weighted by molar-refractivity contribution is -0.698. The van der Waals surface area contributed by atoms with Gasteiger partial charge in [0.1, 0.15) is 13.1 Å². The summed E-state index contributed by atoms with van der Waals surface area (Å²) in [5.41, 5.74) is 2.53. The summed E-state index contributed by atoms with van der Waals surface area (Å²) in [6.07, 6.45) is 32.8. The minimum Gasteiger partial charge on any atom is -1.00 e. The Labute approximate surface area is 271 Å². The van der Waals surface area contributed by atoms with Gasteiger partial charge in [0.05, 0.1) is 13.2 Å². The van der Waals surface area contributed by atoms with E-state index in [2.05, 4.69) is 72.0 Å². The number of aryl methyl sites for hydroxylation is 2. The van der Waals surface area contributed by atoms with E-state index >= 15 is 0 Å². The highest BCUT2D eigenvalue weighted by atomic mass is 35.5. The van der Waals surface area contributed by atoms with Crippen LogP contribution in [0.1, 0.15) is 141 Å². The molecule has 0 radical (unpaired) electrons. The first-order chi connectivity index (χ1) is 19.8.